The molecule has 15 nitrogen and oxygen atoms in total. The number of nitrogens with one attached hydrogen (secondary N) is 1. The van der Waals surface area contributed by atoms with Gasteiger partial charge < -0.3 is 39.7 Å². The van der Waals surface area contributed by atoms with Crippen molar-refractivity contribution < 1.29 is 41.1 Å². The van der Waals surface area contributed by atoms with E-state index in [1.54, 1.807) is 12.1 Å². The molecule has 2 unspecified atom stereocenters. The Morgan fingerprint density at radius 3 is 2.73 bits per heavy atom. The van der Waals surface area contributed by atoms with Crippen molar-refractivity contribution in [2.24, 2.45) is 0 Å². The lowest BCUT2D eigenvalue weighted by Crippen LogP contribution is -2.34. The summed E-state index contributed by atoms with van der Waals surface area (Å²) < 4.78 is 76.6. The van der Waals surface area contributed by atoms with E-state index in [0.717, 1.165) is 11.8 Å². The van der Waals surface area contributed by atoms with Crippen LogP contribution >= 0.6 is 37.5 Å². The van der Waals surface area contributed by atoms with E-state index >= 15 is 8.78 Å². The van der Waals surface area contributed by atoms with Crippen LogP contribution in [0.25, 0.3) is 22.1 Å². The zero-order chi connectivity index (χ0) is 31.8. The molecule has 2 bridgehead atoms. The summed E-state index contributed by atoms with van der Waals surface area (Å²) in [5.41, 5.74) is 12.3. The maximum atomic E-state index is 16.1. The van der Waals surface area contributed by atoms with Crippen LogP contribution in [0.15, 0.2) is 41.7 Å². The standard InChI is InChI=1S/C23H25F2N7O8P2S3/c24-15-13-7-37-42(35,44)39-18-12(38-22(16(18)25)31-4-2-9-10(26)1-3-28-20(9)31)6-36-41(34,43)40-19(15)23(45-13)32-8-29-17-11(32)5-14(27)30-21(17)33/h1-5,8,12-13,15-16,18-19,22-23H,6-7H2,(H2,26,28)(H,34,43)(H,35,44)(H3,27,30,33)/t12-,13-,15-,16+,18-,19-,22-,23-,41?,42?/m1/s1. The van der Waals surface area contributed by atoms with E-state index in [-0.39, 0.29) is 16.9 Å². The number of halogens is 2. The van der Waals surface area contributed by atoms with Gasteiger partial charge in [-0.25, -0.2) is 23.3 Å². The predicted molar refractivity (Wildman–Crippen MR) is 168 cm³/mol. The second-order valence-corrected chi connectivity index (χ2v) is 17.5. The van der Waals surface area contributed by atoms with Gasteiger partial charge in [-0.3, -0.25) is 18.4 Å². The van der Waals surface area contributed by atoms with Crippen molar-refractivity contribution in [2.75, 3.05) is 24.7 Å². The lowest BCUT2D eigenvalue weighted by atomic mass is 10.1. The number of aromatic nitrogens is 5. The smallest absolute Gasteiger partial charge is 0.386 e. The van der Waals surface area contributed by atoms with E-state index in [4.69, 9.17) is 46.1 Å². The van der Waals surface area contributed by atoms with Crippen LogP contribution in [0.2, 0.25) is 0 Å². The van der Waals surface area contributed by atoms with Crippen LogP contribution in [0.1, 0.15) is 11.6 Å². The minimum Gasteiger partial charge on any atom is -0.398 e. The number of nitrogen functional groups attached to an aromatic ring is 2. The first kappa shape index (κ1) is 31.5. The number of hydrogen-bond donors (Lipinski definition) is 5. The molecule has 0 radical (unpaired) electrons. The van der Waals surface area contributed by atoms with E-state index in [2.05, 4.69) is 27.2 Å². The van der Waals surface area contributed by atoms with Crippen LogP contribution in [-0.4, -0.2) is 78.1 Å². The molecule has 3 aliphatic heterocycles. The Bertz CT molecular complexity index is 1950. The molecule has 4 aromatic heterocycles. The molecule has 0 spiro atoms. The van der Waals surface area contributed by atoms with E-state index in [1.165, 1.54) is 33.9 Å². The van der Waals surface area contributed by atoms with Crippen LogP contribution < -0.4 is 17.0 Å². The molecule has 0 aromatic carbocycles. The molecule has 3 fully saturated rings. The fourth-order valence-corrected chi connectivity index (χ4v) is 10.2. The number of H-pyrrole nitrogens is 1. The Kier molecular flexibility index (Phi) is 8.09. The van der Waals surface area contributed by atoms with Gasteiger partial charge in [-0.2, -0.15) is 0 Å². The number of ether oxygens (including phenoxy) is 1. The number of fused-ring (bicyclic) bond motifs is 5. The molecule has 6 N–H and O–H groups in total. The molecule has 0 amide bonds. The maximum absolute atomic E-state index is 16.1. The van der Waals surface area contributed by atoms with Gasteiger partial charge in [0.25, 0.3) is 5.56 Å². The highest BCUT2D eigenvalue weighted by molar-refractivity contribution is 8.44. The molecule has 22 heteroatoms. The Balaban J connectivity index is 1.21. The number of nitrogens with two attached hydrogens (primary N) is 2. The Morgan fingerprint density at radius 1 is 1.13 bits per heavy atom. The summed E-state index contributed by atoms with van der Waals surface area (Å²) in [6.45, 7) is -9.71. The third kappa shape index (κ3) is 5.73. The van der Waals surface area contributed by atoms with Crippen LogP contribution in [0, 0.1) is 0 Å². The number of aromatic amines is 1. The second-order valence-electron chi connectivity index (χ2n) is 10.5. The number of imidazole rings is 1. The molecular formula is C23H25F2N7O8P2S3. The quantitative estimate of drug-likeness (QED) is 0.149. The molecule has 10 atom stereocenters. The SMILES string of the molecule is Nc1cc2c(ncn2[C@@H]2S[C@@H]3COP(O)(=S)O[C@H]4[C@H](F)[C@H](n5ccc6c(N)ccnc65)O[C@@H]4COP(=O)(S)O[C@@H]2[C@@H]3F)c(=O)[nH]1. The van der Waals surface area contributed by atoms with E-state index in [9.17, 15) is 14.3 Å². The van der Waals surface area contributed by atoms with Crippen LogP contribution in [0.4, 0.5) is 20.3 Å². The zero-order valence-corrected chi connectivity index (χ0v) is 27.0. The summed E-state index contributed by atoms with van der Waals surface area (Å²) in [5.74, 6) is 0.0395. The number of thioether (sulfide) groups is 1. The van der Waals surface area contributed by atoms with Gasteiger partial charge in [-0.1, -0.05) is 12.2 Å². The number of rotatable bonds is 2. The second kappa shape index (κ2) is 11.6. The fraction of sp³-hybridized carbons (Fsp3) is 0.435. The van der Waals surface area contributed by atoms with Gasteiger partial charge in [0.15, 0.2) is 17.9 Å². The summed E-state index contributed by atoms with van der Waals surface area (Å²) in [7, 11) is 0. The Morgan fingerprint density at radius 2 is 1.93 bits per heavy atom. The molecule has 0 aliphatic carbocycles. The van der Waals surface area contributed by atoms with Crippen molar-refractivity contribution >= 4 is 82.9 Å². The average Bonchev–Trinajstić information content (AvgIpc) is 3.72. The van der Waals surface area contributed by atoms with Gasteiger partial charge in [-0.15, -0.1) is 11.8 Å². The lowest BCUT2D eigenvalue weighted by molar-refractivity contribution is -0.0422. The largest absolute Gasteiger partial charge is 0.398 e. The minimum absolute atomic E-state index is 0.0331. The number of alkyl halides is 2. The Hall–Kier alpha value is -2.09. The summed E-state index contributed by atoms with van der Waals surface area (Å²) in [5, 5.41) is -1.48. The fourth-order valence-electron chi connectivity index (χ4n) is 5.60. The van der Waals surface area contributed by atoms with Crippen LogP contribution in [0.3, 0.4) is 0 Å². The van der Waals surface area contributed by atoms with Crippen molar-refractivity contribution in [2.45, 2.75) is 47.5 Å². The van der Waals surface area contributed by atoms with Crippen molar-refractivity contribution in [1.29, 1.82) is 0 Å². The van der Waals surface area contributed by atoms with Crippen molar-refractivity contribution in [1.82, 2.24) is 24.1 Å². The Labute approximate surface area is 266 Å². The molecule has 7 heterocycles. The molecule has 242 valence electrons. The molecule has 0 saturated carbocycles. The lowest BCUT2D eigenvalue weighted by Gasteiger charge is -2.27. The van der Waals surface area contributed by atoms with Crippen LogP contribution in [-0.2, 0) is 39.2 Å². The number of anilines is 2. The highest BCUT2D eigenvalue weighted by Crippen LogP contribution is 2.61. The van der Waals surface area contributed by atoms with E-state index < -0.39 is 79.8 Å². The average molecular weight is 724 g/mol. The molecule has 7 rings (SSSR count). The maximum Gasteiger partial charge on any atom is 0.386 e. The predicted octanol–water partition coefficient (Wildman–Crippen LogP) is 3.20. The highest BCUT2D eigenvalue weighted by atomic mass is 32.7. The topological polar surface area (TPSA) is 204 Å². The first-order valence-corrected chi connectivity index (χ1v) is 19.5. The van der Waals surface area contributed by atoms with Gasteiger partial charge in [0.05, 0.1) is 30.3 Å². The van der Waals surface area contributed by atoms with E-state index in [1.807, 2.05) is 0 Å². The summed E-state index contributed by atoms with van der Waals surface area (Å²) in [4.78, 5) is 34.2. The summed E-state index contributed by atoms with van der Waals surface area (Å²) >= 11 is 10.2. The summed E-state index contributed by atoms with van der Waals surface area (Å²) in [6.07, 6.45) is -5.22. The first-order valence-electron chi connectivity index (χ1n) is 13.3. The van der Waals surface area contributed by atoms with Crippen LogP contribution in [0.5, 0.6) is 0 Å². The number of nitrogens with zero attached hydrogens (tertiary/aromatic N) is 4. The number of thiol groups is 1. The van der Waals surface area contributed by atoms with Crippen molar-refractivity contribution in [3.63, 3.8) is 0 Å². The van der Waals surface area contributed by atoms with Gasteiger partial charge in [0, 0.05) is 29.5 Å². The minimum atomic E-state index is -4.38. The third-order valence-electron chi connectivity index (χ3n) is 7.64. The number of pyridine rings is 2. The zero-order valence-electron chi connectivity index (χ0n) is 22.7. The van der Waals surface area contributed by atoms with Gasteiger partial charge in [-0.05, 0) is 23.9 Å². The normalized spacial score (nSPS) is 37.7. The molecular weight excluding hydrogens is 698 g/mol. The number of hydrogen-bond acceptors (Lipinski definition) is 13. The van der Waals surface area contributed by atoms with Gasteiger partial charge in [0.2, 0.25) is 0 Å². The summed E-state index contributed by atoms with van der Waals surface area (Å²) in [6, 6.07) is 4.67. The highest BCUT2D eigenvalue weighted by Gasteiger charge is 2.53. The first-order chi connectivity index (χ1) is 21.3. The van der Waals surface area contributed by atoms with Gasteiger partial charge in [0.1, 0.15) is 41.3 Å². The van der Waals surface area contributed by atoms with Crippen molar-refractivity contribution in [3.05, 3.63) is 47.3 Å². The third-order valence-corrected chi connectivity index (χ3v) is 12.3. The van der Waals surface area contributed by atoms with Gasteiger partial charge >= 0.3 is 13.5 Å². The van der Waals surface area contributed by atoms with Crippen molar-refractivity contribution in [3.8, 4) is 0 Å². The molecule has 3 saturated heterocycles. The molecule has 4 aromatic rings. The molecule has 3 aliphatic rings. The molecule has 45 heavy (non-hydrogen) atoms. The monoisotopic (exact) mass is 723 g/mol. The van der Waals surface area contributed by atoms with E-state index in [0.29, 0.717) is 16.7 Å².